The molecule has 0 radical (unpaired) electrons. The zero-order chi connectivity index (χ0) is 13.2. The van der Waals surface area contributed by atoms with Gasteiger partial charge in [-0.2, -0.15) is 0 Å². The lowest BCUT2D eigenvalue weighted by atomic mass is 10.2. The molecule has 2 aromatic carbocycles. The standard InChI is InChI=1S/C15H12ClNOS/c16-11-5-6-13(17)14(7-11)18-8-10-9-19-15-4-2-1-3-12(10)15/h1-7,9H,8,17H2. The molecule has 3 rings (SSSR count). The molecule has 0 unspecified atom stereocenters. The highest BCUT2D eigenvalue weighted by Gasteiger charge is 2.06. The van der Waals surface area contributed by atoms with E-state index in [0.29, 0.717) is 23.1 Å². The van der Waals surface area contributed by atoms with E-state index in [9.17, 15) is 0 Å². The van der Waals surface area contributed by atoms with Gasteiger partial charge in [-0.1, -0.05) is 29.8 Å². The number of halogens is 1. The monoisotopic (exact) mass is 289 g/mol. The van der Waals surface area contributed by atoms with Gasteiger partial charge in [0, 0.05) is 21.4 Å². The van der Waals surface area contributed by atoms with Crippen LogP contribution in [0, 0.1) is 0 Å². The van der Waals surface area contributed by atoms with E-state index < -0.39 is 0 Å². The second-order valence-corrected chi connectivity index (χ2v) is 5.58. The molecule has 0 saturated carbocycles. The fourth-order valence-electron chi connectivity index (χ4n) is 1.93. The maximum Gasteiger partial charge on any atom is 0.144 e. The maximum atomic E-state index is 5.94. The molecule has 1 aromatic heterocycles. The number of benzene rings is 2. The van der Waals surface area contributed by atoms with E-state index in [-0.39, 0.29) is 0 Å². The third-order valence-electron chi connectivity index (χ3n) is 2.92. The van der Waals surface area contributed by atoms with Crippen LogP contribution in [0.15, 0.2) is 47.8 Å². The summed E-state index contributed by atoms with van der Waals surface area (Å²) in [5.41, 5.74) is 7.63. The van der Waals surface area contributed by atoms with E-state index in [2.05, 4.69) is 17.5 Å². The molecule has 3 aromatic rings. The van der Waals surface area contributed by atoms with Crippen molar-refractivity contribution in [2.45, 2.75) is 6.61 Å². The summed E-state index contributed by atoms with van der Waals surface area (Å²) in [6.07, 6.45) is 0. The highest BCUT2D eigenvalue weighted by Crippen LogP contribution is 2.29. The number of thiophene rings is 1. The van der Waals surface area contributed by atoms with Gasteiger partial charge in [0.1, 0.15) is 12.4 Å². The first-order chi connectivity index (χ1) is 9.24. The number of ether oxygens (including phenoxy) is 1. The van der Waals surface area contributed by atoms with Crippen molar-refractivity contribution >= 4 is 38.7 Å². The van der Waals surface area contributed by atoms with E-state index in [4.69, 9.17) is 22.1 Å². The van der Waals surface area contributed by atoms with Gasteiger partial charge in [-0.3, -0.25) is 0 Å². The van der Waals surface area contributed by atoms with Crippen molar-refractivity contribution in [2.24, 2.45) is 0 Å². The largest absolute Gasteiger partial charge is 0.487 e. The van der Waals surface area contributed by atoms with Crippen molar-refractivity contribution < 1.29 is 4.74 Å². The number of hydrogen-bond acceptors (Lipinski definition) is 3. The summed E-state index contributed by atoms with van der Waals surface area (Å²) in [6.45, 7) is 0.495. The molecule has 0 saturated heterocycles. The predicted octanol–water partition coefficient (Wildman–Crippen LogP) is 4.72. The van der Waals surface area contributed by atoms with Gasteiger partial charge in [0.25, 0.3) is 0 Å². The summed E-state index contributed by atoms with van der Waals surface area (Å²) in [5, 5.41) is 3.97. The number of hydrogen-bond donors (Lipinski definition) is 1. The zero-order valence-corrected chi connectivity index (χ0v) is 11.7. The molecule has 0 spiro atoms. The Balaban J connectivity index is 1.84. The van der Waals surface area contributed by atoms with E-state index in [1.165, 1.54) is 15.6 Å². The van der Waals surface area contributed by atoms with Crippen LogP contribution in [-0.4, -0.2) is 0 Å². The Kier molecular flexibility index (Phi) is 3.32. The van der Waals surface area contributed by atoms with Gasteiger partial charge in [-0.05, 0) is 29.0 Å². The highest BCUT2D eigenvalue weighted by molar-refractivity contribution is 7.17. The molecule has 1 heterocycles. The van der Waals surface area contributed by atoms with Crippen LogP contribution < -0.4 is 10.5 Å². The normalized spacial score (nSPS) is 10.8. The Hall–Kier alpha value is -1.71. The number of rotatable bonds is 3. The van der Waals surface area contributed by atoms with Gasteiger partial charge in [0.05, 0.1) is 5.69 Å². The Bertz CT molecular complexity index is 723. The summed E-state index contributed by atoms with van der Waals surface area (Å²) in [7, 11) is 0. The molecule has 4 heteroatoms. The molecule has 96 valence electrons. The smallest absolute Gasteiger partial charge is 0.144 e. The first kappa shape index (κ1) is 12.3. The summed E-state index contributed by atoms with van der Waals surface area (Å²) >= 11 is 7.66. The first-order valence-electron chi connectivity index (χ1n) is 5.87. The summed E-state index contributed by atoms with van der Waals surface area (Å²) in [6, 6.07) is 13.5. The number of fused-ring (bicyclic) bond motifs is 1. The summed E-state index contributed by atoms with van der Waals surface area (Å²) < 4.78 is 7.03. The number of anilines is 1. The van der Waals surface area contributed by atoms with Gasteiger partial charge < -0.3 is 10.5 Å². The van der Waals surface area contributed by atoms with Crippen molar-refractivity contribution in [1.29, 1.82) is 0 Å². The first-order valence-corrected chi connectivity index (χ1v) is 7.13. The third-order valence-corrected chi connectivity index (χ3v) is 4.17. The molecular weight excluding hydrogens is 278 g/mol. The number of nitrogens with two attached hydrogens (primary N) is 1. The van der Waals surface area contributed by atoms with Crippen molar-refractivity contribution in [1.82, 2.24) is 0 Å². The van der Waals surface area contributed by atoms with E-state index in [1.54, 1.807) is 29.5 Å². The van der Waals surface area contributed by atoms with Crippen LogP contribution in [0.3, 0.4) is 0 Å². The Morgan fingerprint density at radius 1 is 1.16 bits per heavy atom. The molecule has 0 fully saturated rings. The lowest BCUT2D eigenvalue weighted by Gasteiger charge is -2.08. The SMILES string of the molecule is Nc1ccc(Cl)cc1OCc1csc2ccccc12. The van der Waals surface area contributed by atoms with Gasteiger partial charge in [0.15, 0.2) is 0 Å². The van der Waals surface area contributed by atoms with Crippen molar-refractivity contribution in [3.8, 4) is 5.75 Å². The van der Waals surface area contributed by atoms with Crippen molar-refractivity contribution in [3.05, 3.63) is 58.4 Å². The average molecular weight is 290 g/mol. The van der Waals surface area contributed by atoms with Crippen LogP contribution in [0.1, 0.15) is 5.56 Å². The molecular formula is C15H12ClNOS. The van der Waals surface area contributed by atoms with Crippen molar-refractivity contribution in [3.63, 3.8) is 0 Å². The van der Waals surface area contributed by atoms with Gasteiger partial charge in [0.2, 0.25) is 0 Å². The van der Waals surface area contributed by atoms with Gasteiger partial charge in [-0.15, -0.1) is 11.3 Å². The third kappa shape index (κ3) is 2.53. The zero-order valence-electron chi connectivity index (χ0n) is 10.1. The van der Waals surface area contributed by atoms with Gasteiger partial charge >= 0.3 is 0 Å². The quantitative estimate of drug-likeness (QED) is 0.708. The Labute approximate surface area is 120 Å². The molecule has 0 bridgehead atoms. The Morgan fingerprint density at radius 3 is 2.89 bits per heavy atom. The molecule has 2 N–H and O–H groups in total. The maximum absolute atomic E-state index is 5.94. The molecule has 19 heavy (non-hydrogen) atoms. The van der Waals surface area contributed by atoms with Crippen LogP contribution in [0.5, 0.6) is 5.75 Å². The Morgan fingerprint density at radius 2 is 2.00 bits per heavy atom. The average Bonchev–Trinajstić information content (AvgIpc) is 2.83. The summed E-state index contributed by atoms with van der Waals surface area (Å²) in [5.74, 6) is 0.628. The molecule has 2 nitrogen and oxygen atoms in total. The van der Waals surface area contributed by atoms with Gasteiger partial charge in [-0.25, -0.2) is 0 Å². The van der Waals surface area contributed by atoms with Crippen LogP contribution in [0.25, 0.3) is 10.1 Å². The molecule has 0 aliphatic heterocycles. The predicted molar refractivity (Wildman–Crippen MR) is 82.0 cm³/mol. The van der Waals surface area contributed by atoms with Crippen molar-refractivity contribution in [2.75, 3.05) is 5.73 Å². The summed E-state index contributed by atoms with van der Waals surface area (Å²) in [4.78, 5) is 0. The molecule has 0 amide bonds. The molecule has 0 atom stereocenters. The van der Waals surface area contributed by atoms with E-state index >= 15 is 0 Å². The topological polar surface area (TPSA) is 35.2 Å². The number of nitrogen functional groups attached to an aromatic ring is 1. The second-order valence-electron chi connectivity index (χ2n) is 4.23. The van der Waals surface area contributed by atoms with E-state index in [0.717, 1.165) is 0 Å². The highest BCUT2D eigenvalue weighted by atomic mass is 35.5. The van der Waals surface area contributed by atoms with Crippen LogP contribution in [-0.2, 0) is 6.61 Å². The second kappa shape index (κ2) is 5.11. The fourth-order valence-corrected chi connectivity index (χ4v) is 3.04. The van der Waals surface area contributed by atoms with Crippen LogP contribution >= 0.6 is 22.9 Å². The van der Waals surface area contributed by atoms with Crippen LogP contribution in [0.4, 0.5) is 5.69 Å². The molecule has 0 aliphatic carbocycles. The minimum absolute atomic E-state index is 0.495. The fraction of sp³-hybridized carbons (Fsp3) is 0.0667. The minimum Gasteiger partial charge on any atom is -0.487 e. The van der Waals surface area contributed by atoms with Crippen LogP contribution in [0.2, 0.25) is 5.02 Å². The van der Waals surface area contributed by atoms with E-state index in [1.807, 2.05) is 12.1 Å². The minimum atomic E-state index is 0.495. The molecule has 0 aliphatic rings. The lowest BCUT2D eigenvalue weighted by molar-refractivity contribution is 0.310. The lowest BCUT2D eigenvalue weighted by Crippen LogP contribution is -1.98.